The van der Waals surface area contributed by atoms with Crippen LogP contribution in [0.4, 0.5) is 5.82 Å². The lowest BCUT2D eigenvalue weighted by Crippen LogP contribution is -2.43. The predicted molar refractivity (Wildman–Crippen MR) is 66.8 cm³/mol. The molecule has 1 saturated carbocycles. The molecule has 0 saturated heterocycles. The lowest BCUT2D eigenvalue weighted by Gasteiger charge is -2.36. The van der Waals surface area contributed by atoms with Gasteiger partial charge in [-0.3, -0.25) is 0 Å². The van der Waals surface area contributed by atoms with Crippen LogP contribution in [0.1, 0.15) is 31.4 Å². The van der Waals surface area contributed by atoms with Gasteiger partial charge in [-0.25, -0.2) is 4.98 Å². The number of aliphatic hydroxyl groups is 2. The van der Waals surface area contributed by atoms with E-state index >= 15 is 0 Å². The molecule has 2 unspecified atom stereocenters. The van der Waals surface area contributed by atoms with Crippen molar-refractivity contribution in [3.63, 3.8) is 0 Å². The quantitative estimate of drug-likeness (QED) is 0.831. The average molecular weight is 236 g/mol. The van der Waals surface area contributed by atoms with Crippen molar-refractivity contribution in [3.8, 4) is 0 Å². The van der Waals surface area contributed by atoms with E-state index in [-0.39, 0.29) is 18.8 Å². The molecule has 4 nitrogen and oxygen atoms in total. The third-order valence-corrected chi connectivity index (χ3v) is 3.51. The summed E-state index contributed by atoms with van der Waals surface area (Å²) in [7, 11) is 1.96. The van der Waals surface area contributed by atoms with Crippen LogP contribution >= 0.6 is 0 Å². The lowest BCUT2D eigenvalue weighted by molar-refractivity contribution is 0.106. The summed E-state index contributed by atoms with van der Waals surface area (Å²) in [5.74, 6) is 0.822. The highest BCUT2D eigenvalue weighted by Gasteiger charge is 2.27. The Bertz CT molecular complexity index is 370. The third kappa shape index (κ3) is 2.76. The highest BCUT2D eigenvalue weighted by molar-refractivity contribution is 5.40. The molecular formula is C13H20N2O2. The topological polar surface area (TPSA) is 56.6 Å². The third-order valence-electron chi connectivity index (χ3n) is 3.51. The normalized spacial score (nSPS) is 24.6. The second kappa shape index (κ2) is 5.47. The summed E-state index contributed by atoms with van der Waals surface area (Å²) in [6.07, 6.45) is 3.87. The van der Waals surface area contributed by atoms with Crippen LogP contribution in [0, 0.1) is 0 Å². The van der Waals surface area contributed by atoms with Crippen molar-refractivity contribution in [2.45, 2.75) is 44.4 Å². The molecule has 2 rings (SSSR count). The van der Waals surface area contributed by atoms with E-state index in [2.05, 4.69) is 4.98 Å². The Balaban J connectivity index is 2.14. The fourth-order valence-corrected chi connectivity index (χ4v) is 2.46. The molecule has 17 heavy (non-hydrogen) atoms. The first-order valence-electron chi connectivity index (χ1n) is 6.20. The van der Waals surface area contributed by atoms with Crippen LogP contribution in [-0.4, -0.2) is 34.4 Å². The minimum Gasteiger partial charge on any atom is -0.391 e. The molecule has 2 N–H and O–H groups in total. The zero-order valence-corrected chi connectivity index (χ0v) is 10.2. The number of hydrogen-bond donors (Lipinski definition) is 2. The summed E-state index contributed by atoms with van der Waals surface area (Å²) in [5, 5.41) is 19.1. The first-order valence-corrected chi connectivity index (χ1v) is 6.20. The highest BCUT2D eigenvalue weighted by Crippen LogP contribution is 2.25. The summed E-state index contributed by atoms with van der Waals surface area (Å²) in [5.41, 5.74) is 0.666. The van der Waals surface area contributed by atoms with Gasteiger partial charge in [0, 0.05) is 7.05 Å². The van der Waals surface area contributed by atoms with E-state index in [0.717, 1.165) is 31.5 Å². The summed E-state index contributed by atoms with van der Waals surface area (Å²) in [6, 6.07) is 5.75. The number of aromatic nitrogens is 1. The Morgan fingerprint density at radius 1 is 1.35 bits per heavy atom. The van der Waals surface area contributed by atoms with E-state index in [1.54, 1.807) is 6.07 Å². The standard InChI is InChI=1S/C13H20N2O2/c1-15(11-6-2-3-7-12(11)17)13-8-4-5-10(9-16)14-13/h4-5,8,11-12,16-17H,2-3,6-7,9H2,1H3. The van der Waals surface area contributed by atoms with Crippen LogP contribution in [0.15, 0.2) is 18.2 Å². The zero-order chi connectivity index (χ0) is 12.3. The molecule has 2 atom stereocenters. The number of anilines is 1. The van der Waals surface area contributed by atoms with Gasteiger partial charge in [0.1, 0.15) is 5.82 Å². The molecule has 0 spiro atoms. The SMILES string of the molecule is CN(c1cccc(CO)n1)C1CCCCC1O. The summed E-state index contributed by atoms with van der Waals surface area (Å²) < 4.78 is 0. The average Bonchev–Trinajstić information content (AvgIpc) is 2.38. The molecule has 0 aromatic carbocycles. The van der Waals surface area contributed by atoms with E-state index in [1.807, 2.05) is 24.1 Å². The van der Waals surface area contributed by atoms with Crippen molar-refractivity contribution < 1.29 is 10.2 Å². The summed E-state index contributed by atoms with van der Waals surface area (Å²) >= 11 is 0. The Kier molecular flexibility index (Phi) is 3.97. The molecule has 0 bridgehead atoms. The highest BCUT2D eigenvalue weighted by atomic mass is 16.3. The van der Waals surface area contributed by atoms with Crippen molar-refractivity contribution in [1.82, 2.24) is 4.98 Å². The van der Waals surface area contributed by atoms with Crippen LogP contribution in [0.2, 0.25) is 0 Å². The molecule has 4 heteroatoms. The number of nitrogens with zero attached hydrogens (tertiary/aromatic N) is 2. The second-order valence-corrected chi connectivity index (χ2v) is 4.68. The molecule has 0 radical (unpaired) electrons. The van der Waals surface area contributed by atoms with Crippen LogP contribution < -0.4 is 4.90 Å². The predicted octanol–water partition coefficient (Wildman–Crippen LogP) is 1.31. The van der Waals surface area contributed by atoms with Gasteiger partial charge in [-0.2, -0.15) is 0 Å². The van der Waals surface area contributed by atoms with E-state index in [9.17, 15) is 5.11 Å². The van der Waals surface area contributed by atoms with Gasteiger partial charge in [-0.15, -0.1) is 0 Å². The molecule has 94 valence electrons. The van der Waals surface area contributed by atoms with Gasteiger partial charge >= 0.3 is 0 Å². The minimum atomic E-state index is -0.270. The molecule has 0 aliphatic heterocycles. The fourth-order valence-electron chi connectivity index (χ4n) is 2.46. The molecule has 0 amide bonds. The van der Waals surface area contributed by atoms with Crippen molar-refractivity contribution in [2.24, 2.45) is 0 Å². The fraction of sp³-hybridized carbons (Fsp3) is 0.615. The van der Waals surface area contributed by atoms with Crippen molar-refractivity contribution in [1.29, 1.82) is 0 Å². The maximum Gasteiger partial charge on any atom is 0.128 e. The first-order chi connectivity index (χ1) is 8.22. The molecule has 1 fully saturated rings. The van der Waals surface area contributed by atoms with Gasteiger partial charge in [-0.1, -0.05) is 18.9 Å². The largest absolute Gasteiger partial charge is 0.391 e. The Morgan fingerprint density at radius 3 is 2.82 bits per heavy atom. The van der Waals surface area contributed by atoms with Gasteiger partial charge in [0.2, 0.25) is 0 Å². The Hall–Kier alpha value is -1.13. The molecule has 1 aliphatic carbocycles. The van der Waals surface area contributed by atoms with Gasteiger partial charge in [0.05, 0.1) is 24.4 Å². The molecule has 1 aromatic rings. The maximum absolute atomic E-state index is 10.0. The number of pyridine rings is 1. The van der Waals surface area contributed by atoms with Crippen LogP contribution in [0.3, 0.4) is 0 Å². The maximum atomic E-state index is 10.0. The van der Waals surface area contributed by atoms with Gasteiger partial charge < -0.3 is 15.1 Å². The first kappa shape index (κ1) is 12.3. The minimum absolute atomic E-state index is 0.0467. The van der Waals surface area contributed by atoms with Gasteiger partial charge in [-0.05, 0) is 25.0 Å². The van der Waals surface area contributed by atoms with Gasteiger partial charge in [0.15, 0.2) is 0 Å². The smallest absolute Gasteiger partial charge is 0.128 e. The molecule has 1 aromatic heterocycles. The summed E-state index contributed by atoms with van der Waals surface area (Å²) in [6.45, 7) is -0.0467. The van der Waals surface area contributed by atoms with Crippen molar-refractivity contribution in [2.75, 3.05) is 11.9 Å². The van der Waals surface area contributed by atoms with E-state index < -0.39 is 0 Å². The van der Waals surface area contributed by atoms with E-state index in [4.69, 9.17) is 5.11 Å². The van der Waals surface area contributed by atoms with Crippen LogP contribution in [-0.2, 0) is 6.61 Å². The number of rotatable bonds is 3. The van der Waals surface area contributed by atoms with Crippen molar-refractivity contribution >= 4 is 5.82 Å². The molecular weight excluding hydrogens is 216 g/mol. The summed E-state index contributed by atoms with van der Waals surface area (Å²) in [4.78, 5) is 6.40. The van der Waals surface area contributed by atoms with E-state index in [0.29, 0.717) is 5.69 Å². The lowest BCUT2D eigenvalue weighted by atomic mass is 9.91. The van der Waals surface area contributed by atoms with Crippen LogP contribution in [0.25, 0.3) is 0 Å². The number of aliphatic hydroxyl groups excluding tert-OH is 2. The van der Waals surface area contributed by atoms with Crippen molar-refractivity contribution in [3.05, 3.63) is 23.9 Å². The zero-order valence-electron chi connectivity index (χ0n) is 10.2. The molecule has 1 aliphatic rings. The number of likely N-dealkylation sites (N-methyl/N-ethyl adjacent to an activating group) is 1. The number of hydrogen-bond acceptors (Lipinski definition) is 4. The Morgan fingerprint density at radius 2 is 2.12 bits per heavy atom. The van der Waals surface area contributed by atoms with Gasteiger partial charge in [0.25, 0.3) is 0 Å². The van der Waals surface area contributed by atoms with E-state index in [1.165, 1.54) is 0 Å². The Labute approximate surface area is 102 Å². The second-order valence-electron chi connectivity index (χ2n) is 4.68. The molecule has 1 heterocycles. The van der Waals surface area contributed by atoms with Crippen LogP contribution in [0.5, 0.6) is 0 Å². The monoisotopic (exact) mass is 236 g/mol.